The van der Waals surface area contributed by atoms with Crippen molar-refractivity contribution in [3.05, 3.63) is 74.3 Å². The van der Waals surface area contributed by atoms with Crippen LogP contribution in [0.15, 0.2) is 47.3 Å². The van der Waals surface area contributed by atoms with Crippen LogP contribution in [0.3, 0.4) is 0 Å². The second kappa shape index (κ2) is 9.66. The normalized spacial score (nSPS) is 11.9. The summed E-state index contributed by atoms with van der Waals surface area (Å²) < 4.78 is 17.7. The second-order valence-electron chi connectivity index (χ2n) is 6.92. The average molecular weight is 464 g/mol. The molecule has 0 fully saturated rings. The number of carbonyl (C=O) groups excluding carboxylic acids is 1. The quantitative estimate of drug-likeness (QED) is 0.307. The molecule has 0 aliphatic heterocycles. The number of esters is 1. The summed E-state index contributed by atoms with van der Waals surface area (Å²) in [6, 6.07) is 12.7. The zero-order chi connectivity index (χ0) is 23.4. The third-order valence-corrected chi connectivity index (χ3v) is 5.52. The Morgan fingerprint density at radius 1 is 1.09 bits per heavy atom. The average Bonchev–Trinajstić information content (AvgIpc) is 3.33. The number of carbonyl (C=O) groups is 1. The van der Waals surface area contributed by atoms with Crippen LogP contribution in [0.1, 0.15) is 30.8 Å². The van der Waals surface area contributed by atoms with E-state index in [1.54, 1.807) is 37.5 Å². The lowest BCUT2D eigenvalue weighted by molar-refractivity contribution is -0.132. The molecule has 4 rings (SSSR count). The summed E-state index contributed by atoms with van der Waals surface area (Å²) >= 11 is 1.24. The van der Waals surface area contributed by atoms with Gasteiger partial charge in [0.25, 0.3) is 5.56 Å². The number of ether oxygens (including phenoxy) is 3. The summed E-state index contributed by atoms with van der Waals surface area (Å²) in [4.78, 5) is 29.0. The van der Waals surface area contributed by atoms with Crippen molar-refractivity contribution in [3.8, 4) is 17.2 Å². The number of nitrogens with zero attached hydrogens (tertiary/aromatic N) is 3. The van der Waals surface area contributed by atoms with Gasteiger partial charge in [-0.2, -0.15) is 9.50 Å². The third kappa shape index (κ3) is 5.09. The van der Waals surface area contributed by atoms with Crippen molar-refractivity contribution < 1.29 is 19.0 Å². The van der Waals surface area contributed by atoms with E-state index in [0.29, 0.717) is 33.4 Å². The fraction of sp³-hybridized carbons (Fsp3) is 0.167. The summed E-state index contributed by atoms with van der Waals surface area (Å²) in [5, 5.41) is 4.31. The number of fused-ring (bicyclic) bond motifs is 1. The van der Waals surface area contributed by atoms with E-state index in [-0.39, 0.29) is 5.56 Å². The molecule has 9 heteroatoms. The highest BCUT2D eigenvalue weighted by Crippen LogP contribution is 2.29. The summed E-state index contributed by atoms with van der Waals surface area (Å²) in [5.74, 6) is 1.56. The minimum atomic E-state index is -0.433. The summed E-state index contributed by atoms with van der Waals surface area (Å²) in [7, 11) is 1.62. The van der Waals surface area contributed by atoms with E-state index in [2.05, 4.69) is 10.1 Å². The van der Waals surface area contributed by atoms with Gasteiger partial charge in [-0.15, -0.1) is 5.10 Å². The number of hydrogen-bond donors (Lipinski definition) is 0. The molecule has 0 aliphatic rings. The van der Waals surface area contributed by atoms with Crippen LogP contribution >= 0.6 is 11.3 Å². The topological polar surface area (TPSA) is 92.0 Å². The fourth-order valence-electron chi connectivity index (χ4n) is 3.08. The molecule has 8 nitrogen and oxygen atoms in total. The minimum Gasteiger partial charge on any atom is -0.497 e. The molecule has 2 aromatic carbocycles. The van der Waals surface area contributed by atoms with Gasteiger partial charge in [0.05, 0.1) is 18.2 Å². The SMILES string of the molecule is CCOc1cc(/C=c2/sc3nc(/C=C/c4ccc(OC)cc4)nn3c2=O)ccc1OC(C)=O. The van der Waals surface area contributed by atoms with Gasteiger partial charge in [-0.3, -0.25) is 9.59 Å². The van der Waals surface area contributed by atoms with Crippen LogP contribution in [0.2, 0.25) is 0 Å². The van der Waals surface area contributed by atoms with E-state index in [1.165, 1.54) is 22.8 Å². The Balaban J connectivity index is 1.61. The van der Waals surface area contributed by atoms with Crippen LogP contribution in [0.25, 0.3) is 23.2 Å². The van der Waals surface area contributed by atoms with Crippen LogP contribution < -0.4 is 24.3 Å². The first-order chi connectivity index (χ1) is 16.0. The Morgan fingerprint density at radius 2 is 1.85 bits per heavy atom. The molecular formula is C24H21N3O5S. The Morgan fingerprint density at radius 3 is 2.52 bits per heavy atom. The van der Waals surface area contributed by atoms with E-state index in [9.17, 15) is 9.59 Å². The maximum atomic E-state index is 12.8. The lowest BCUT2D eigenvalue weighted by Gasteiger charge is -2.10. The van der Waals surface area contributed by atoms with Crippen LogP contribution in [0.5, 0.6) is 17.2 Å². The van der Waals surface area contributed by atoms with Gasteiger partial charge in [-0.25, -0.2) is 0 Å². The zero-order valence-electron chi connectivity index (χ0n) is 18.3. The molecule has 4 aromatic rings. The highest BCUT2D eigenvalue weighted by molar-refractivity contribution is 7.15. The maximum absolute atomic E-state index is 12.8. The molecule has 33 heavy (non-hydrogen) atoms. The number of hydrogen-bond acceptors (Lipinski definition) is 8. The Kier molecular flexibility index (Phi) is 6.50. The molecule has 0 amide bonds. The Hall–Kier alpha value is -3.98. The lowest BCUT2D eigenvalue weighted by atomic mass is 10.2. The monoisotopic (exact) mass is 463 g/mol. The molecule has 0 atom stereocenters. The number of benzene rings is 2. The zero-order valence-corrected chi connectivity index (χ0v) is 19.1. The molecule has 168 valence electrons. The van der Waals surface area contributed by atoms with Crippen LogP contribution in [0, 0.1) is 0 Å². The first-order valence-electron chi connectivity index (χ1n) is 10.2. The molecule has 0 saturated heterocycles. The van der Waals surface area contributed by atoms with E-state index in [4.69, 9.17) is 14.2 Å². The summed E-state index contributed by atoms with van der Waals surface area (Å²) in [6.07, 6.45) is 5.36. The lowest BCUT2D eigenvalue weighted by Crippen LogP contribution is -2.23. The van der Waals surface area contributed by atoms with Gasteiger partial charge >= 0.3 is 5.97 Å². The molecule has 0 saturated carbocycles. The highest BCUT2D eigenvalue weighted by atomic mass is 32.1. The number of methoxy groups -OCH3 is 1. The first-order valence-corrected chi connectivity index (χ1v) is 11.0. The van der Waals surface area contributed by atoms with Gasteiger partial charge in [-0.05, 0) is 54.5 Å². The van der Waals surface area contributed by atoms with Crippen molar-refractivity contribution >= 4 is 40.5 Å². The first kappa shape index (κ1) is 22.2. The maximum Gasteiger partial charge on any atom is 0.308 e. The van der Waals surface area contributed by atoms with Crippen molar-refractivity contribution in [1.82, 2.24) is 14.6 Å². The third-order valence-electron chi connectivity index (χ3n) is 4.56. The Bertz CT molecular complexity index is 1440. The molecule has 0 unspecified atom stereocenters. The highest BCUT2D eigenvalue weighted by Gasteiger charge is 2.11. The molecule has 0 aliphatic carbocycles. The number of aromatic nitrogens is 3. The number of thiazole rings is 1. The van der Waals surface area contributed by atoms with Crippen LogP contribution in [-0.2, 0) is 4.79 Å². The van der Waals surface area contributed by atoms with Gasteiger partial charge in [-0.1, -0.05) is 35.6 Å². The molecule has 2 heterocycles. The molecule has 0 radical (unpaired) electrons. The summed E-state index contributed by atoms with van der Waals surface area (Å²) in [5.41, 5.74) is 1.44. The summed E-state index contributed by atoms with van der Waals surface area (Å²) in [6.45, 7) is 3.58. The van der Waals surface area contributed by atoms with E-state index in [1.807, 2.05) is 37.3 Å². The molecule has 2 aromatic heterocycles. The second-order valence-corrected chi connectivity index (χ2v) is 7.93. The van der Waals surface area contributed by atoms with Crippen molar-refractivity contribution in [1.29, 1.82) is 0 Å². The molecule has 0 N–H and O–H groups in total. The van der Waals surface area contributed by atoms with Crippen LogP contribution in [-0.4, -0.2) is 34.3 Å². The van der Waals surface area contributed by atoms with Crippen LogP contribution in [0.4, 0.5) is 0 Å². The van der Waals surface area contributed by atoms with Gasteiger partial charge in [0.2, 0.25) is 4.96 Å². The smallest absolute Gasteiger partial charge is 0.308 e. The Labute approximate surface area is 193 Å². The molecular weight excluding hydrogens is 442 g/mol. The fourth-order valence-corrected chi connectivity index (χ4v) is 3.99. The van der Waals surface area contributed by atoms with Crippen molar-refractivity contribution in [2.75, 3.05) is 13.7 Å². The molecule has 0 bridgehead atoms. The van der Waals surface area contributed by atoms with E-state index < -0.39 is 5.97 Å². The predicted octanol–water partition coefficient (Wildman–Crippen LogP) is 3.20. The van der Waals surface area contributed by atoms with Gasteiger partial charge in [0.15, 0.2) is 17.3 Å². The predicted molar refractivity (Wildman–Crippen MR) is 127 cm³/mol. The van der Waals surface area contributed by atoms with Gasteiger partial charge < -0.3 is 14.2 Å². The van der Waals surface area contributed by atoms with Crippen molar-refractivity contribution in [2.45, 2.75) is 13.8 Å². The van der Waals surface area contributed by atoms with Gasteiger partial charge in [0, 0.05) is 6.92 Å². The van der Waals surface area contributed by atoms with E-state index >= 15 is 0 Å². The number of rotatable bonds is 7. The minimum absolute atomic E-state index is 0.256. The van der Waals surface area contributed by atoms with Crippen molar-refractivity contribution in [2.24, 2.45) is 0 Å². The van der Waals surface area contributed by atoms with Gasteiger partial charge in [0.1, 0.15) is 5.75 Å². The molecule has 0 spiro atoms. The van der Waals surface area contributed by atoms with E-state index in [0.717, 1.165) is 16.9 Å². The largest absolute Gasteiger partial charge is 0.497 e. The van der Waals surface area contributed by atoms with Crippen molar-refractivity contribution in [3.63, 3.8) is 0 Å². The standard InChI is InChI=1S/C24H21N3O5S/c1-4-31-20-13-17(7-11-19(20)32-15(2)28)14-21-23(29)27-24(33-21)25-22(26-27)12-8-16-5-9-18(30-3)10-6-16/h5-14H,4H2,1-3H3/b12-8+,21-14+.